The van der Waals surface area contributed by atoms with Crippen molar-refractivity contribution >= 4 is 17.5 Å². The van der Waals surface area contributed by atoms with Crippen LogP contribution in [0.2, 0.25) is 0 Å². The lowest BCUT2D eigenvalue weighted by atomic mass is 9.33. The Morgan fingerprint density at radius 2 is 1.45 bits per heavy atom. The van der Waals surface area contributed by atoms with Crippen molar-refractivity contribution in [3.8, 4) is 0 Å². The normalized spacial score (nSPS) is 43.4. The van der Waals surface area contributed by atoms with Gasteiger partial charge in [0.1, 0.15) is 0 Å². The van der Waals surface area contributed by atoms with Crippen LogP contribution in [0.3, 0.4) is 0 Å². The van der Waals surface area contributed by atoms with Gasteiger partial charge in [-0.2, -0.15) is 0 Å². The molecule has 1 aromatic carbocycles. The van der Waals surface area contributed by atoms with Crippen LogP contribution in [0, 0.1) is 56.2 Å². The Bertz CT molecular complexity index is 1380. The molecular formula is C38H52O4. The Hall–Kier alpha value is -2.36. The van der Waals surface area contributed by atoms with Gasteiger partial charge in [0.05, 0.1) is 11.0 Å². The van der Waals surface area contributed by atoms with E-state index in [9.17, 15) is 19.8 Å². The van der Waals surface area contributed by atoms with Gasteiger partial charge in [-0.25, -0.2) is 4.79 Å². The Kier molecular flexibility index (Phi) is 6.42. The summed E-state index contributed by atoms with van der Waals surface area (Å²) in [6, 6.07) is 7.46. The zero-order chi connectivity index (χ0) is 30.7. The van der Waals surface area contributed by atoms with Gasteiger partial charge in [0.2, 0.25) is 0 Å². The van der Waals surface area contributed by atoms with E-state index in [0.717, 1.165) is 44.1 Å². The molecule has 0 spiro atoms. The quantitative estimate of drug-likeness (QED) is 0.354. The molecule has 228 valence electrons. The molecule has 0 bridgehead atoms. The van der Waals surface area contributed by atoms with Crippen molar-refractivity contribution in [2.24, 2.45) is 56.2 Å². The van der Waals surface area contributed by atoms with Gasteiger partial charge in [-0.1, -0.05) is 85.2 Å². The van der Waals surface area contributed by atoms with E-state index in [4.69, 9.17) is 0 Å². The molecule has 8 atom stereocenters. The number of benzene rings is 1. The minimum Gasteiger partial charge on any atom is -0.481 e. The predicted molar refractivity (Wildman–Crippen MR) is 168 cm³/mol. The summed E-state index contributed by atoms with van der Waals surface area (Å²) >= 11 is 0. The summed E-state index contributed by atoms with van der Waals surface area (Å²) in [6.07, 6.45) is 13.0. The molecule has 2 N–H and O–H groups in total. The number of rotatable bonds is 3. The van der Waals surface area contributed by atoms with Crippen molar-refractivity contribution in [2.75, 3.05) is 0 Å². The SMILES string of the molecule is C[C@@H]1[C@H]2C3=CC[C@@H]4[C@@]5(C)CC=C(c6ccc(C(=O)O)cc6)C(C)(C)[C@@H]5CC[C@@]4(C)[C@]3(C)CC[C@@]2(C(=O)O)CCC1(C)C. The van der Waals surface area contributed by atoms with Crippen LogP contribution in [0.25, 0.3) is 5.57 Å². The molecule has 1 aromatic rings. The molecule has 5 aliphatic carbocycles. The third-order valence-electron chi connectivity index (χ3n) is 14.9. The summed E-state index contributed by atoms with van der Waals surface area (Å²) in [5.74, 6) is 0.0631. The zero-order valence-electron chi connectivity index (χ0n) is 27.1. The predicted octanol–water partition coefficient (Wildman–Crippen LogP) is 9.51. The van der Waals surface area contributed by atoms with Crippen LogP contribution in [0.15, 0.2) is 42.0 Å². The van der Waals surface area contributed by atoms with Crippen LogP contribution in [0.1, 0.15) is 123 Å². The van der Waals surface area contributed by atoms with Gasteiger partial charge in [-0.15, -0.1) is 0 Å². The summed E-state index contributed by atoms with van der Waals surface area (Å²) in [6.45, 7) is 19.5. The molecule has 3 saturated carbocycles. The minimum absolute atomic E-state index is 0.00991. The van der Waals surface area contributed by atoms with Crippen LogP contribution in [0.5, 0.6) is 0 Å². The van der Waals surface area contributed by atoms with E-state index in [1.165, 1.54) is 24.0 Å². The zero-order valence-corrected chi connectivity index (χ0v) is 27.1. The van der Waals surface area contributed by atoms with Gasteiger partial charge in [0, 0.05) is 0 Å². The smallest absolute Gasteiger partial charge is 0.335 e. The monoisotopic (exact) mass is 572 g/mol. The Morgan fingerprint density at radius 1 is 0.810 bits per heavy atom. The lowest BCUT2D eigenvalue weighted by Crippen LogP contribution is -2.64. The van der Waals surface area contributed by atoms with Crippen molar-refractivity contribution in [3.63, 3.8) is 0 Å². The largest absolute Gasteiger partial charge is 0.481 e. The first-order valence-electron chi connectivity index (χ1n) is 16.4. The summed E-state index contributed by atoms with van der Waals surface area (Å²) < 4.78 is 0. The van der Waals surface area contributed by atoms with E-state index < -0.39 is 17.4 Å². The summed E-state index contributed by atoms with van der Waals surface area (Å²) in [7, 11) is 0. The molecule has 0 radical (unpaired) electrons. The summed E-state index contributed by atoms with van der Waals surface area (Å²) in [5, 5.41) is 20.1. The molecule has 0 heterocycles. The van der Waals surface area contributed by atoms with Gasteiger partial charge in [-0.05, 0) is 125 Å². The highest BCUT2D eigenvalue weighted by Gasteiger charge is 2.69. The second-order valence-electron chi connectivity index (χ2n) is 16.9. The number of hydrogen-bond acceptors (Lipinski definition) is 2. The molecule has 42 heavy (non-hydrogen) atoms. The van der Waals surface area contributed by atoms with Gasteiger partial charge >= 0.3 is 11.9 Å². The average Bonchev–Trinajstić information content (AvgIpc) is 2.91. The molecule has 0 aromatic heterocycles. The van der Waals surface area contributed by atoms with Crippen LogP contribution in [-0.2, 0) is 4.79 Å². The maximum absolute atomic E-state index is 13.1. The van der Waals surface area contributed by atoms with Crippen molar-refractivity contribution in [3.05, 3.63) is 53.1 Å². The minimum atomic E-state index is -0.884. The van der Waals surface area contributed by atoms with Crippen LogP contribution < -0.4 is 0 Å². The van der Waals surface area contributed by atoms with Gasteiger partial charge in [0.15, 0.2) is 0 Å². The topological polar surface area (TPSA) is 74.6 Å². The highest BCUT2D eigenvalue weighted by Crippen LogP contribution is 2.76. The molecular weight excluding hydrogens is 520 g/mol. The van der Waals surface area contributed by atoms with Gasteiger partial charge in [0.25, 0.3) is 0 Å². The first-order chi connectivity index (χ1) is 19.5. The first-order valence-corrected chi connectivity index (χ1v) is 16.4. The third kappa shape index (κ3) is 3.65. The number of allylic oxidation sites excluding steroid dienone is 4. The average molecular weight is 573 g/mol. The molecule has 0 unspecified atom stereocenters. The van der Waals surface area contributed by atoms with E-state index in [-0.39, 0.29) is 33.0 Å². The third-order valence-corrected chi connectivity index (χ3v) is 14.9. The summed E-state index contributed by atoms with van der Waals surface area (Å²) in [5.41, 5.74) is 4.08. The second kappa shape index (κ2) is 9.08. The van der Waals surface area contributed by atoms with E-state index in [0.29, 0.717) is 23.3 Å². The van der Waals surface area contributed by atoms with E-state index in [1.54, 1.807) is 12.1 Å². The standard InChI is InChI=1S/C38H52O4/c1-23-30-27-13-14-29-35(6)17-15-26(24-9-11-25(12-10-24)31(39)40)34(4,5)28(35)16-18-37(29,8)36(27,7)20-22-38(30,32(41)42)21-19-33(23,2)3/h9-13,15,23,28-30H,14,16-22H2,1-8H3,(H,39,40)(H,41,42)/t23-,28+,29-,30+,35+,36-,37-,38+/m1/s1. The Balaban J connectivity index is 1.41. The Labute approximate surface area is 253 Å². The molecule has 5 aliphatic rings. The molecule has 0 saturated heterocycles. The second-order valence-corrected chi connectivity index (χ2v) is 16.9. The maximum Gasteiger partial charge on any atom is 0.335 e. The molecule has 0 amide bonds. The number of carboxylic acids is 2. The molecule has 3 fully saturated rings. The van der Waals surface area contributed by atoms with Crippen molar-refractivity contribution in [1.29, 1.82) is 0 Å². The van der Waals surface area contributed by atoms with Crippen LogP contribution >= 0.6 is 0 Å². The number of fused-ring (bicyclic) bond motifs is 7. The van der Waals surface area contributed by atoms with E-state index in [2.05, 4.69) is 67.5 Å². The molecule has 0 aliphatic heterocycles. The van der Waals surface area contributed by atoms with E-state index >= 15 is 0 Å². The number of carbonyl (C=O) groups is 2. The number of aromatic carboxylic acids is 1. The van der Waals surface area contributed by atoms with Crippen LogP contribution in [0.4, 0.5) is 0 Å². The number of carboxylic acid groups (broad SMARTS) is 2. The lowest BCUT2D eigenvalue weighted by molar-refractivity contribution is -0.183. The van der Waals surface area contributed by atoms with Gasteiger partial charge in [-0.3, -0.25) is 4.79 Å². The lowest BCUT2D eigenvalue weighted by Gasteiger charge is -2.71. The fraction of sp³-hybridized carbons (Fsp3) is 0.684. The summed E-state index contributed by atoms with van der Waals surface area (Å²) in [4.78, 5) is 24.5. The molecule has 4 heteroatoms. The molecule has 4 nitrogen and oxygen atoms in total. The maximum atomic E-state index is 13.1. The number of hydrogen-bond donors (Lipinski definition) is 2. The Morgan fingerprint density at radius 3 is 2.07 bits per heavy atom. The van der Waals surface area contributed by atoms with Crippen molar-refractivity contribution in [1.82, 2.24) is 0 Å². The fourth-order valence-corrected chi connectivity index (χ4v) is 11.9. The number of aliphatic carboxylic acids is 1. The molecule has 6 rings (SSSR count). The van der Waals surface area contributed by atoms with Crippen molar-refractivity contribution < 1.29 is 19.8 Å². The van der Waals surface area contributed by atoms with Crippen molar-refractivity contribution in [2.45, 2.75) is 107 Å². The first kappa shape index (κ1) is 29.7. The highest BCUT2D eigenvalue weighted by molar-refractivity contribution is 5.88. The van der Waals surface area contributed by atoms with E-state index in [1.807, 2.05) is 12.1 Å². The van der Waals surface area contributed by atoms with Crippen LogP contribution in [-0.4, -0.2) is 22.2 Å². The highest BCUT2D eigenvalue weighted by atomic mass is 16.4. The van der Waals surface area contributed by atoms with Gasteiger partial charge < -0.3 is 10.2 Å². The fourth-order valence-electron chi connectivity index (χ4n) is 11.9.